The standard InChI is InChI=1S/C11H24N2O2/c1-9(2)13(5)8-11(15)12(4)7-6-10(3)14/h9-10,14H,6-8H2,1-5H3. The maximum absolute atomic E-state index is 11.7. The average molecular weight is 216 g/mol. The molecular formula is C11H24N2O2. The van der Waals surface area contributed by atoms with Gasteiger partial charge in [-0.2, -0.15) is 0 Å². The fraction of sp³-hybridized carbons (Fsp3) is 0.909. The third-order valence-electron chi connectivity index (χ3n) is 2.57. The van der Waals surface area contributed by atoms with E-state index in [2.05, 4.69) is 13.8 Å². The molecule has 0 aromatic carbocycles. The second kappa shape index (κ2) is 6.80. The van der Waals surface area contributed by atoms with Crippen LogP contribution in [0.25, 0.3) is 0 Å². The van der Waals surface area contributed by atoms with Crippen LogP contribution in [0.5, 0.6) is 0 Å². The van der Waals surface area contributed by atoms with Crippen molar-refractivity contribution in [3.05, 3.63) is 0 Å². The Kier molecular flexibility index (Phi) is 6.52. The van der Waals surface area contributed by atoms with Gasteiger partial charge in [0.2, 0.25) is 5.91 Å². The molecule has 0 radical (unpaired) electrons. The van der Waals surface area contributed by atoms with Gasteiger partial charge in [0, 0.05) is 19.6 Å². The lowest BCUT2D eigenvalue weighted by Gasteiger charge is -2.24. The molecule has 0 bridgehead atoms. The first-order valence-electron chi connectivity index (χ1n) is 5.46. The fourth-order valence-corrected chi connectivity index (χ4v) is 1.02. The van der Waals surface area contributed by atoms with E-state index in [1.54, 1.807) is 18.9 Å². The van der Waals surface area contributed by atoms with Crippen molar-refractivity contribution in [3.8, 4) is 0 Å². The Morgan fingerprint density at radius 1 is 1.27 bits per heavy atom. The number of amides is 1. The van der Waals surface area contributed by atoms with Gasteiger partial charge in [-0.05, 0) is 34.2 Å². The minimum Gasteiger partial charge on any atom is -0.393 e. The minimum atomic E-state index is -0.344. The topological polar surface area (TPSA) is 43.8 Å². The number of rotatable bonds is 6. The van der Waals surface area contributed by atoms with Gasteiger partial charge in [-0.25, -0.2) is 0 Å². The fourth-order valence-electron chi connectivity index (χ4n) is 1.02. The minimum absolute atomic E-state index is 0.104. The van der Waals surface area contributed by atoms with Crippen molar-refractivity contribution in [3.63, 3.8) is 0 Å². The van der Waals surface area contributed by atoms with Crippen LogP contribution >= 0.6 is 0 Å². The van der Waals surface area contributed by atoms with Gasteiger partial charge in [0.15, 0.2) is 0 Å². The molecule has 90 valence electrons. The molecule has 0 heterocycles. The molecule has 1 atom stereocenters. The SMILES string of the molecule is CC(O)CCN(C)C(=O)CN(C)C(C)C. The number of likely N-dealkylation sites (N-methyl/N-ethyl adjacent to an activating group) is 2. The first-order chi connectivity index (χ1) is 6.84. The highest BCUT2D eigenvalue weighted by atomic mass is 16.3. The first kappa shape index (κ1) is 14.4. The highest BCUT2D eigenvalue weighted by Crippen LogP contribution is 1.98. The number of aliphatic hydroxyl groups excluding tert-OH is 1. The monoisotopic (exact) mass is 216 g/mol. The van der Waals surface area contributed by atoms with E-state index in [9.17, 15) is 4.79 Å². The third-order valence-corrected chi connectivity index (χ3v) is 2.57. The average Bonchev–Trinajstić information content (AvgIpc) is 2.13. The largest absolute Gasteiger partial charge is 0.393 e. The second-order valence-electron chi connectivity index (χ2n) is 4.46. The molecule has 0 saturated carbocycles. The molecule has 0 aliphatic rings. The van der Waals surface area contributed by atoms with E-state index in [-0.39, 0.29) is 12.0 Å². The zero-order valence-corrected chi connectivity index (χ0v) is 10.5. The van der Waals surface area contributed by atoms with E-state index in [0.717, 1.165) is 0 Å². The van der Waals surface area contributed by atoms with Gasteiger partial charge >= 0.3 is 0 Å². The summed E-state index contributed by atoms with van der Waals surface area (Å²) in [5, 5.41) is 9.10. The molecule has 0 saturated heterocycles. The van der Waals surface area contributed by atoms with Gasteiger partial charge in [-0.1, -0.05) is 0 Å². The van der Waals surface area contributed by atoms with E-state index >= 15 is 0 Å². The zero-order valence-electron chi connectivity index (χ0n) is 10.5. The maximum atomic E-state index is 11.7. The summed E-state index contributed by atoms with van der Waals surface area (Å²) in [5.74, 6) is 0.104. The molecule has 0 aliphatic heterocycles. The van der Waals surface area contributed by atoms with Crippen LogP contribution in [-0.2, 0) is 4.79 Å². The molecule has 0 fully saturated rings. The predicted molar refractivity (Wildman–Crippen MR) is 61.7 cm³/mol. The van der Waals surface area contributed by atoms with Crippen LogP contribution in [0.4, 0.5) is 0 Å². The Hall–Kier alpha value is -0.610. The van der Waals surface area contributed by atoms with Crippen LogP contribution in [0.1, 0.15) is 27.2 Å². The van der Waals surface area contributed by atoms with Crippen LogP contribution in [0, 0.1) is 0 Å². The van der Waals surface area contributed by atoms with Crippen LogP contribution in [0.2, 0.25) is 0 Å². The Balaban J connectivity index is 3.88. The highest BCUT2D eigenvalue weighted by Gasteiger charge is 2.13. The van der Waals surface area contributed by atoms with E-state index in [4.69, 9.17) is 5.11 Å². The number of aliphatic hydroxyl groups is 1. The molecule has 0 aliphatic carbocycles. The van der Waals surface area contributed by atoms with Gasteiger partial charge in [-0.3, -0.25) is 9.69 Å². The van der Waals surface area contributed by atoms with E-state index in [1.165, 1.54) is 0 Å². The normalized spacial score (nSPS) is 13.3. The molecule has 4 nitrogen and oxygen atoms in total. The van der Waals surface area contributed by atoms with Crippen molar-refractivity contribution in [1.29, 1.82) is 0 Å². The summed E-state index contributed by atoms with van der Waals surface area (Å²) in [6.07, 6.45) is 0.288. The van der Waals surface area contributed by atoms with Gasteiger partial charge < -0.3 is 10.0 Å². The van der Waals surface area contributed by atoms with Crippen LogP contribution < -0.4 is 0 Å². The quantitative estimate of drug-likeness (QED) is 0.705. The van der Waals surface area contributed by atoms with Crippen molar-refractivity contribution in [1.82, 2.24) is 9.80 Å². The molecule has 1 amide bonds. The molecule has 0 rings (SSSR count). The van der Waals surface area contributed by atoms with Gasteiger partial charge in [0.25, 0.3) is 0 Å². The lowest BCUT2D eigenvalue weighted by molar-refractivity contribution is -0.131. The summed E-state index contributed by atoms with van der Waals surface area (Å²) in [7, 11) is 3.71. The molecule has 0 aromatic heterocycles. The van der Waals surface area contributed by atoms with Crippen LogP contribution in [0.15, 0.2) is 0 Å². The molecule has 0 spiro atoms. The molecule has 4 heteroatoms. The Labute approximate surface area is 92.9 Å². The molecular weight excluding hydrogens is 192 g/mol. The van der Waals surface area contributed by atoms with E-state index < -0.39 is 0 Å². The molecule has 15 heavy (non-hydrogen) atoms. The van der Waals surface area contributed by atoms with Crippen molar-refractivity contribution in [2.75, 3.05) is 27.2 Å². The van der Waals surface area contributed by atoms with Crippen LogP contribution in [-0.4, -0.2) is 60.1 Å². The summed E-state index contributed by atoms with van der Waals surface area (Å²) < 4.78 is 0. The van der Waals surface area contributed by atoms with Crippen molar-refractivity contribution in [2.45, 2.75) is 39.3 Å². The van der Waals surface area contributed by atoms with Crippen molar-refractivity contribution >= 4 is 5.91 Å². The summed E-state index contributed by atoms with van der Waals surface area (Å²) in [6.45, 7) is 6.90. The Morgan fingerprint density at radius 3 is 2.20 bits per heavy atom. The number of carbonyl (C=O) groups is 1. The summed E-state index contributed by atoms with van der Waals surface area (Å²) in [5.41, 5.74) is 0. The van der Waals surface area contributed by atoms with E-state index in [1.807, 2.05) is 11.9 Å². The lowest BCUT2D eigenvalue weighted by Crippen LogP contribution is -2.40. The molecule has 0 aromatic rings. The number of nitrogens with zero attached hydrogens (tertiary/aromatic N) is 2. The molecule has 1 N–H and O–H groups in total. The maximum Gasteiger partial charge on any atom is 0.236 e. The zero-order chi connectivity index (χ0) is 12.0. The van der Waals surface area contributed by atoms with Gasteiger partial charge in [-0.15, -0.1) is 0 Å². The first-order valence-corrected chi connectivity index (χ1v) is 5.46. The summed E-state index contributed by atoms with van der Waals surface area (Å²) in [6, 6.07) is 0.374. The predicted octanol–water partition coefficient (Wildman–Crippen LogP) is 0.556. The Morgan fingerprint density at radius 2 is 1.80 bits per heavy atom. The van der Waals surface area contributed by atoms with Crippen molar-refractivity contribution in [2.24, 2.45) is 0 Å². The number of carbonyl (C=O) groups excluding carboxylic acids is 1. The second-order valence-corrected chi connectivity index (χ2v) is 4.46. The van der Waals surface area contributed by atoms with Gasteiger partial charge in [0.05, 0.1) is 12.6 Å². The summed E-state index contributed by atoms with van der Waals surface area (Å²) in [4.78, 5) is 15.3. The smallest absolute Gasteiger partial charge is 0.236 e. The van der Waals surface area contributed by atoms with Crippen molar-refractivity contribution < 1.29 is 9.90 Å². The van der Waals surface area contributed by atoms with Crippen LogP contribution in [0.3, 0.4) is 0 Å². The lowest BCUT2D eigenvalue weighted by atomic mass is 10.2. The third kappa shape index (κ3) is 6.47. The number of hydrogen-bond donors (Lipinski definition) is 1. The molecule has 1 unspecified atom stereocenters. The highest BCUT2D eigenvalue weighted by molar-refractivity contribution is 5.77. The van der Waals surface area contributed by atoms with E-state index in [0.29, 0.717) is 25.6 Å². The number of hydrogen-bond acceptors (Lipinski definition) is 3. The van der Waals surface area contributed by atoms with Gasteiger partial charge in [0.1, 0.15) is 0 Å². The summed E-state index contributed by atoms with van der Waals surface area (Å²) >= 11 is 0. The Bertz CT molecular complexity index is 193.